The molecule has 2 N–H and O–H groups in total. The third-order valence-electron chi connectivity index (χ3n) is 2.89. The summed E-state index contributed by atoms with van der Waals surface area (Å²) in [6, 6.07) is -0.0504. The van der Waals surface area contributed by atoms with Crippen LogP contribution in [0.15, 0.2) is 10.8 Å². The van der Waals surface area contributed by atoms with Gasteiger partial charge in [0.05, 0.1) is 11.5 Å². The summed E-state index contributed by atoms with van der Waals surface area (Å²) < 4.78 is 23.5. The summed E-state index contributed by atoms with van der Waals surface area (Å²) in [5.41, 5.74) is 5.67. The highest BCUT2D eigenvalue weighted by Gasteiger charge is 2.32. The van der Waals surface area contributed by atoms with E-state index in [0.717, 1.165) is 0 Å². The number of nitrogens with zero attached hydrogens (tertiary/aromatic N) is 3. The van der Waals surface area contributed by atoms with Crippen molar-refractivity contribution in [1.82, 2.24) is 9.97 Å². The van der Waals surface area contributed by atoms with Crippen LogP contribution in [0.2, 0.25) is 0 Å². The first-order valence-corrected chi connectivity index (χ1v) is 7.71. The summed E-state index contributed by atoms with van der Waals surface area (Å²) in [6.07, 6.45) is 1.99. The normalized spacial score (nSPS) is 22.6. The fourth-order valence-electron chi connectivity index (χ4n) is 1.87. The van der Waals surface area contributed by atoms with Gasteiger partial charge in [0.15, 0.2) is 9.84 Å². The SMILES string of the molecule is CN(c1ncnc(N)c1Br)C1CCS(=O)(=O)C1. The summed E-state index contributed by atoms with van der Waals surface area (Å²) in [6.45, 7) is 0. The zero-order valence-corrected chi connectivity index (χ0v) is 11.7. The van der Waals surface area contributed by atoms with E-state index in [1.54, 1.807) is 0 Å². The van der Waals surface area contributed by atoms with E-state index in [-0.39, 0.29) is 17.5 Å². The molecule has 1 saturated heterocycles. The molecule has 94 valence electrons. The lowest BCUT2D eigenvalue weighted by Crippen LogP contribution is -2.33. The van der Waals surface area contributed by atoms with Gasteiger partial charge in [-0.05, 0) is 22.4 Å². The molecule has 1 aliphatic heterocycles. The summed E-state index contributed by atoms with van der Waals surface area (Å²) in [4.78, 5) is 9.82. The standard InChI is InChI=1S/C9H13BrN4O2S/c1-14(6-2-3-17(15,16)4-6)9-7(10)8(11)12-5-13-9/h5-6H,2-4H2,1H3,(H2,11,12,13). The second-order valence-corrected chi connectivity index (χ2v) is 7.09. The number of rotatable bonds is 2. The molecule has 1 aliphatic rings. The van der Waals surface area contributed by atoms with Gasteiger partial charge < -0.3 is 10.6 Å². The number of aromatic nitrogens is 2. The number of nitrogens with two attached hydrogens (primary N) is 1. The topological polar surface area (TPSA) is 89.2 Å². The van der Waals surface area contributed by atoms with Gasteiger partial charge in [0.25, 0.3) is 0 Å². The molecule has 1 atom stereocenters. The lowest BCUT2D eigenvalue weighted by atomic mass is 10.2. The maximum atomic E-state index is 11.4. The lowest BCUT2D eigenvalue weighted by molar-refractivity contribution is 0.600. The van der Waals surface area contributed by atoms with Crippen molar-refractivity contribution in [3.8, 4) is 0 Å². The molecular weight excluding hydrogens is 308 g/mol. The highest BCUT2D eigenvalue weighted by Crippen LogP contribution is 2.30. The molecular formula is C9H13BrN4O2S. The Kier molecular flexibility index (Phi) is 3.26. The second kappa shape index (κ2) is 4.41. The van der Waals surface area contributed by atoms with E-state index in [4.69, 9.17) is 5.73 Å². The zero-order valence-electron chi connectivity index (χ0n) is 9.30. The Labute approximate surface area is 108 Å². The van der Waals surface area contributed by atoms with Crippen LogP contribution < -0.4 is 10.6 Å². The maximum Gasteiger partial charge on any atom is 0.152 e. The van der Waals surface area contributed by atoms with Crippen LogP contribution in [-0.2, 0) is 9.84 Å². The van der Waals surface area contributed by atoms with Gasteiger partial charge in [-0.3, -0.25) is 0 Å². The maximum absolute atomic E-state index is 11.4. The van der Waals surface area contributed by atoms with Crippen LogP contribution in [0.3, 0.4) is 0 Å². The number of hydrogen-bond acceptors (Lipinski definition) is 6. The van der Waals surface area contributed by atoms with E-state index in [9.17, 15) is 8.42 Å². The average molecular weight is 321 g/mol. The molecule has 1 fully saturated rings. The van der Waals surface area contributed by atoms with Crippen molar-refractivity contribution >= 4 is 37.4 Å². The minimum Gasteiger partial charge on any atom is -0.383 e. The van der Waals surface area contributed by atoms with Gasteiger partial charge in [0, 0.05) is 13.1 Å². The summed E-state index contributed by atoms with van der Waals surface area (Å²) in [5.74, 6) is 1.38. The Morgan fingerprint density at radius 3 is 2.82 bits per heavy atom. The van der Waals surface area contributed by atoms with Gasteiger partial charge in [0.2, 0.25) is 0 Å². The van der Waals surface area contributed by atoms with E-state index in [0.29, 0.717) is 22.5 Å². The van der Waals surface area contributed by atoms with Crippen molar-refractivity contribution in [1.29, 1.82) is 0 Å². The number of halogens is 1. The molecule has 0 aliphatic carbocycles. The predicted octanol–water partition coefficient (Wildman–Crippen LogP) is 0.445. The molecule has 0 aromatic carbocycles. The van der Waals surface area contributed by atoms with Gasteiger partial charge in [-0.2, -0.15) is 0 Å². The van der Waals surface area contributed by atoms with E-state index in [1.165, 1.54) is 6.33 Å². The molecule has 17 heavy (non-hydrogen) atoms. The minimum absolute atomic E-state index is 0.0504. The largest absolute Gasteiger partial charge is 0.383 e. The van der Waals surface area contributed by atoms with Crippen LogP contribution in [0, 0.1) is 0 Å². The first kappa shape index (κ1) is 12.6. The molecule has 1 aromatic rings. The Bertz CT molecular complexity index is 534. The number of nitrogen functional groups attached to an aromatic ring is 1. The van der Waals surface area contributed by atoms with Crippen molar-refractivity contribution in [2.75, 3.05) is 29.2 Å². The third-order valence-corrected chi connectivity index (χ3v) is 5.40. The van der Waals surface area contributed by atoms with E-state index in [2.05, 4.69) is 25.9 Å². The minimum atomic E-state index is -2.90. The Morgan fingerprint density at radius 1 is 1.53 bits per heavy atom. The van der Waals surface area contributed by atoms with Gasteiger partial charge in [-0.1, -0.05) is 0 Å². The van der Waals surface area contributed by atoms with Gasteiger partial charge in [0.1, 0.15) is 22.4 Å². The molecule has 0 radical (unpaired) electrons. The fourth-order valence-corrected chi connectivity index (χ4v) is 4.13. The molecule has 2 rings (SSSR count). The van der Waals surface area contributed by atoms with Crippen LogP contribution in [0.5, 0.6) is 0 Å². The third kappa shape index (κ3) is 2.52. The Hall–Kier alpha value is -0.890. The van der Waals surface area contributed by atoms with E-state index >= 15 is 0 Å². The smallest absolute Gasteiger partial charge is 0.152 e. The molecule has 1 unspecified atom stereocenters. The van der Waals surface area contributed by atoms with Crippen molar-refractivity contribution in [3.05, 3.63) is 10.8 Å². The zero-order chi connectivity index (χ0) is 12.6. The molecule has 0 amide bonds. The lowest BCUT2D eigenvalue weighted by Gasteiger charge is -2.25. The molecule has 0 saturated carbocycles. The average Bonchev–Trinajstić information content (AvgIpc) is 2.62. The predicted molar refractivity (Wildman–Crippen MR) is 69.6 cm³/mol. The molecule has 1 aromatic heterocycles. The van der Waals surface area contributed by atoms with Crippen molar-refractivity contribution in [2.45, 2.75) is 12.5 Å². The van der Waals surface area contributed by atoms with Crippen molar-refractivity contribution < 1.29 is 8.42 Å². The highest BCUT2D eigenvalue weighted by molar-refractivity contribution is 9.10. The molecule has 8 heteroatoms. The van der Waals surface area contributed by atoms with Gasteiger partial charge in [-0.15, -0.1) is 0 Å². The van der Waals surface area contributed by atoms with Gasteiger partial charge in [-0.25, -0.2) is 18.4 Å². The molecule has 0 spiro atoms. The first-order chi connectivity index (χ1) is 7.91. The summed E-state index contributed by atoms with van der Waals surface area (Å²) >= 11 is 3.32. The van der Waals surface area contributed by atoms with Crippen molar-refractivity contribution in [3.63, 3.8) is 0 Å². The molecule has 0 bridgehead atoms. The summed E-state index contributed by atoms with van der Waals surface area (Å²) in [7, 11) is -1.09. The van der Waals surface area contributed by atoms with Crippen LogP contribution in [0.25, 0.3) is 0 Å². The number of hydrogen-bond donors (Lipinski definition) is 1. The van der Waals surface area contributed by atoms with Crippen LogP contribution in [0.4, 0.5) is 11.6 Å². The number of anilines is 2. The number of sulfone groups is 1. The monoisotopic (exact) mass is 320 g/mol. The van der Waals surface area contributed by atoms with Crippen LogP contribution in [-0.4, -0.2) is 43.0 Å². The van der Waals surface area contributed by atoms with Crippen LogP contribution in [0.1, 0.15) is 6.42 Å². The Morgan fingerprint density at radius 2 is 2.24 bits per heavy atom. The quantitative estimate of drug-likeness (QED) is 0.850. The molecule has 2 heterocycles. The summed E-state index contributed by atoms with van der Waals surface area (Å²) in [5, 5.41) is 0. The Balaban J connectivity index is 2.26. The fraction of sp³-hybridized carbons (Fsp3) is 0.556. The first-order valence-electron chi connectivity index (χ1n) is 5.10. The van der Waals surface area contributed by atoms with E-state index < -0.39 is 9.84 Å². The second-order valence-electron chi connectivity index (χ2n) is 4.06. The molecule has 6 nitrogen and oxygen atoms in total. The van der Waals surface area contributed by atoms with Crippen LogP contribution >= 0.6 is 15.9 Å². The van der Waals surface area contributed by atoms with E-state index in [1.807, 2.05) is 11.9 Å². The van der Waals surface area contributed by atoms with Gasteiger partial charge >= 0.3 is 0 Å². The highest BCUT2D eigenvalue weighted by atomic mass is 79.9. The van der Waals surface area contributed by atoms with Crippen molar-refractivity contribution in [2.24, 2.45) is 0 Å².